The number of carbonyl (C=O) groups is 3. The van der Waals surface area contributed by atoms with E-state index in [1.54, 1.807) is 12.3 Å². The molecule has 2 heterocycles. The summed E-state index contributed by atoms with van der Waals surface area (Å²) in [6.07, 6.45) is 8.31. The fourth-order valence-corrected chi connectivity index (χ4v) is 5.85. The normalized spacial score (nSPS) is 16.9. The van der Waals surface area contributed by atoms with Crippen molar-refractivity contribution in [2.75, 3.05) is 13.1 Å². The molecule has 0 bridgehead atoms. The number of hydrogen-bond donors (Lipinski definition) is 1. The number of ketones is 1. The molecule has 6 nitrogen and oxygen atoms in total. The fraction of sp³-hybridized carbons (Fsp3) is 0.433. The van der Waals surface area contributed by atoms with E-state index >= 15 is 0 Å². The van der Waals surface area contributed by atoms with Crippen LogP contribution in [0.5, 0.6) is 0 Å². The molecule has 194 valence electrons. The maximum atomic E-state index is 13.5. The third kappa shape index (κ3) is 5.31. The van der Waals surface area contributed by atoms with Gasteiger partial charge in [-0.3, -0.25) is 14.4 Å². The Morgan fingerprint density at radius 3 is 2.32 bits per heavy atom. The largest absolute Gasteiger partial charge is 0.350 e. The third-order valence-corrected chi connectivity index (χ3v) is 8.05. The van der Waals surface area contributed by atoms with Gasteiger partial charge in [0.25, 0.3) is 17.6 Å². The first-order valence-corrected chi connectivity index (χ1v) is 13.3. The van der Waals surface area contributed by atoms with Gasteiger partial charge in [0.15, 0.2) is 0 Å². The smallest absolute Gasteiger partial charge is 0.292 e. The van der Waals surface area contributed by atoms with Gasteiger partial charge >= 0.3 is 0 Å². The number of amides is 2. The lowest BCUT2D eigenvalue weighted by molar-refractivity contribution is -0.117. The van der Waals surface area contributed by atoms with E-state index in [-0.39, 0.29) is 17.8 Å². The Morgan fingerprint density at radius 1 is 0.973 bits per heavy atom. The van der Waals surface area contributed by atoms with Gasteiger partial charge in [-0.15, -0.1) is 0 Å². The summed E-state index contributed by atoms with van der Waals surface area (Å²) in [5, 5.41) is 3.52. The van der Waals surface area contributed by atoms with E-state index in [1.165, 1.54) is 12.1 Å². The molecule has 2 aromatic carbocycles. The Kier molecular flexibility index (Phi) is 7.13. The minimum absolute atomic E-state index is 0.0442. The monoisotopic (exact) mass is 503 g/mol. The van der Waals surface area contributed by atoms with Crippen LogP contribution in [0.3, 0.4) is 0 Å². The molecule has 7 heteroatoms. The van der Waals surface area contributed by atoms with Crippen LogP contribution in [0, 0.1) is 18.7 Å². The third-order valence-electron chi connectivity index (χ3n) is 8.05. The van der Waals surface area contributed by atoms with Gasteiger partial charge in [0.05, 0.1) is 5.56 Å². The highest BCUT2D eigenvalue weighted by Gasteiger charge is 2.28. The molecule has 2 amide bonds. The van der Waals surface area contributed by atoms with Crippen LogP contribution >= 0.6 is 0 Å². The number of benzene rings is 2. The van der Waals surface area contributed by atoms with E-state index < -0.39 is 11.7 Å². The predicted molar refractivity (Wildman–Crippen MR) is 141 cm³/mol. The Balaban J connectivity index is 1.31. The summed E-state index contributed by atoms with van der Waals surface area (Å²) in [6.45, 7) is 3.23. The van der Waals surface area contributed by atoms with Crippen molar-refractivity contribution in [1.82, 2.24) is 14.8 Å². The minimum atomic E-state index is -0.573. The van der Waals surface area contributed by atoms with E-state index in [0.717, 1.165) is 61.6 Å². The second-order valence-corrected chi connectivity index (χ2v) is 10.7. The predicted octanol–water partition coefficient (Wildman–Crippen LogP) is 4.96. The topological polar surface area (TPSA) is 71.4 Å². The summed E-state index contributed by atoms with van der Waals surface area (Å²) < 4.78 is 15.0. The molecule has 1 aliphatic heterocycles. The van der Waals surface area contributed by atoms with Crippen molar-refractivity contribution >= 4 is 28.5 Å². The molecule has 37 heavy (non-hydrogen) atoms. The van der Waals surface area contributed by atoms with Crippen LogP contribution in [-0.2, 0) is 18.3 Å². The molecule has 2 aliphatic rings. The van der Waals surface area contributed by atoms with Gasteiger partial charge in [-0.2, -0.15) is 0 Å². The summed E-state index contributed by atoms with van der Waals surface area (Å²) in [4.78, 5) is 41.2. The highest BCUT2D eigenvalue weighted by atomic mass is 19.1. The molecule has 1 saturated heterocycles. The van der Waals surface area contributed by atoms with Gasteiger partial charge in [0.1, 0.15) is 5.82 Å². The first-order chi connectivity index (χ1) is 17.8. The van der Waals surface area contributed by atoms with E-state index in [4.69, 9.17) is 0 Å². The molecular weight excluding hydrogens is 469 g/mol. The van der Waals surface area contributed by atoms with Crippen molar-refractivity contribution < 1.29 is 18.8 Å². The molecule has 2 fully saturated rings. The van der Waals surface area contributed by atoms with Crippen molar-refractivity contribution in [3.8, 4) is 0 Å². The summed E-state index contributed by atoms with van der Waals surface area (Å²) in [5.74, 6) is -0.946. The van der Waals surface area contributed by atoms with Crippen molar-refractivity contribution in [3.63, 3.8) is 0 Å². The molecule has 0 radical (unpaired) electrons. The molecule has 0 atom stereocenters. The Hall–Kier alpha value is -3.48. The summed E-state index contributed by atoms with van der Waals surface area (Å²) in [5.41, 5.74) is 3.69. The number of aromatic nitrogens is 1. The average Bonchev–Trinajstić information content (AvgIpc) is 3.52. The number of nitrogens with one attached hydrogen (secondary N) is 1. The molecule has 0 spiro atoms. The number of fused-ring (bicyclic) bond motifs is 1. The number of carbonyl (C=O) groups excluding carboxylic acids is 3. The molecule has 5 rings (SSSR count). The standard InChI is InChI=1S/C30H34FN3O3/c1-19-15-27-25(26(18-33(27)2)28(35)29(36)32-23-5-3-4-6-23)17-24(19)30(37)34-13-11-21(12-14-34)16-20-7-9-22(31)10-8-20/h7-10,15,17-18,21,23H,3-6,11-14,16H2,1-2H3,(H,32,36). The van der Waals surface area contributed by atoms with Crippen molar-refractivity contribution in [3.05, 3.63) is 70.7 Å². The number of Topliss-reactive ketones (excluding diaryl/α,β-unsaturated/α-hetero) is 1. The second-order valence-electron chi connectivity index (χ2n) is 10.7. The number of rotatable bonds is 6. The number of aryl methyl sites for hydroxylation is 2. The first kappa shape index (κ1) is 25.2. The van der Waals surface area contributed by atoms with Crippen molar-refractivity contribution in [2.24, 2.45) is 13.0 Å². The zero-order valence-corrected chi connectivity index (χ0v) is 21.6. The summed E-state index contributed by atoms with van der Waals surface area (Å²) in [6, 6.07) is 10.4. The lowest BCUT2D eigenvalue weighted by Gasteiger charge is -2.32. The molecule has 1 saturated carbocycles. The fourth-order valence-electron chi connectivity index (χ4n) is 5.85. The summed E-state index contributed by atoms with van der Waals surface area (Å²) in [7, 11) is 1.85. The van der Waals surface area contributed by atoms with Crippen LogP contribution in [0.15, 0.2) is 42.6 Å². The van der Waals surface area contributed by atoms with E-state index in [0.29, 0.717) is 35.5 Å². The van der Waals surface area contributed by atoms with E-state index in [2.05, 4.69) is 5.32 Å². The number of piperidine rings is 1. The quantitative estimate of drug-likeness (QED) is 0.382. The lowest BCUT2D eigenvalue weighted by Crippen LogP contribution is -2.39. The molecule has 0 unspecified atom stereocenters. The van der Waals surface area contributed by atoms with Crippen LogP contribution in [0.1, 0.15) is 70.4 Å². The molecule has 3 aromatic rings. The zero-order valence-electron chi connectivity index (χ0n) is 21.6. The maximum Gasteiger partial charge on any atom is 0.292 e. The van der Waals surface area contributed by atoms with Crippen LogP contribution < -0.4 is 5.32 Å². The summed E-state index contributed by atoms with van der Waals surface area (Å²) >= 11 is 0. The van der Waals surface area contributed by atoms with Gasteiger partial charge in [-0.05, 0) is 80.3 Å². The van der Waals surface area contributed by atoms with Crippen LogP contribution in [-0.4, -0.2) is 46.2 Å². The number of nitrogens with zero attached hydrogens (tertiary/aromatic N) is 2. The first-order valence-electron chi connectivity index (χ1n) is 13.3. The van der Waals surface area contributed by atoms with Crippen LogP contribution in [0.2, 0.25) is 0 Å². The SMILES string of the molecule is Cc1cc2c(cc1C(=O)N1CCC(Cc3ccc(F)cc3)CC1)c(C(=O)C(=O)NC1CCCC1)cn2C. The maximum absolute atomic E-state index is 13.5. The molecular formula is C30H34FN3O3. The minimum Gasteiger partial charge on any atom is -0.350 e. The number of likely N-dealkylation sites (tertiary alicyclic amines) is 1. The lowest BCUT2D eigenvalue weighted by atomic mass is 9.89. The zero-order chi connectivity index (χ0) is 26.1. The van der Waals surface area contributed by atoms with Crippen molar-refractivity contribution in [2.45, 2.75) is 57.9 Å². The van der Waals surface area contributed by atoms with E-state index in [1.807, 2.05) is 41.6 Å². The highest BCUT2D eigenvalue weighted by Crippen LogP contribution is 2.28. The molecule has 1 aromatic heterocycles. The average molecular weight is 504 g/mol. The van der Waals surface area contributed by atoms with Gasteiger partial charge in [0.2, 0.25) is 0 Å². The Bertz CT molecular complexity index is 1330. The molecule has 1 N–H and O–H groups in total. The Morgan fingerprint density at radius 2 is 1.65 bits per heavy atom. The van der Waals surface area contributed by atoms with Gasteiger partial charge in [-0.25, -0.2) is 4.39 Å². The van der Waals surface area contributed by atoms with Crippen molar-refractivity contribution in [1.29, 1.82) is 0 Å². The Labute approximate surface area is 216 Å². The highest BCUT2D eigenvalue weighted by molar-refractivity contribution is 6.45. The van der Waals surface area contributed by atoms with Gasteiger partial charge in [-0.1, -0.05) is 25.0 Å². The van der Waals surface area contributed by atoms with E-state index in [9.17, 15) is 18.8 Å². The van der Waals surface area contributed by atoms with Gasteiger partial charge < -0.3 is 14.8 Å². The molecule has 1 aliphatic carbocycles. The van der Waals surface area contributed by atoms with Crippen LogP contribution in [0.4, 0.5) is 4.39 Å². The second kappa shape index (κ2) is 10.5. The van der Waals surface area contributed by atoms with Gasteiger partial charge in [0, 0.05) is 48.8 Å². The van der Waals surface area contributed by atoms with Crippen LogP contribution in [0.25, 0.3) is 10.9 Å². The number of hydrogen-bond acceptors (Lipinski definition) is 3. The number of halogens is 1.